The van der Waals surface area contributed by atoms with E-state index in [1.807, 2.05) is 25.1 Å². The molecule has 0 spiro atoms. The highest BCUT2D eigenvalue weighted by Gasteiger charge is 2.42. The number of ether oxygens (including phenoxy) is 3. The van der Waals surface area contributed by atoms with Crippen molar-refractivity contribution in [2.45, 2.75) is 57.1 Å². The molecule has 0 unspecified atom stereocenters. The second kappa shape index (κ2) is 10.7. The van der Waals surface area contributed by atoms with Gasteiger partial charge in [0.25, 0.3) is 5.79 Å². The Hall–Kier alpha value is -3.93. The van der Waals surface area contributed by atoms with Gasteiger partial charge < -0.3 is 29.7 Å². The summed E-state index contributed by atoms with van der Waals surface area (Å²) in [7, 11) is 0. The molecule has 218 valence electrons. The molecule has 11 nitrogen and oxygen atoms in total. The molecule has 6 heterocycles. The fraction of sp³-hybridized carbons (Fsp3) is 0.400. The number of benzene rings is 1. The fourth-order valence-corrected chi connectivity index (χ4v) is 6.15. The van der Waals surface area contributed by atoms with Crippen molar-refractivity contribution in [2.24, 2.45) is 10.9 Å². The molecule has 3 N–H and O–H groups in total. The summed E-state index contributed by atoms with van der Waals surface area (Å²) in [5.74, 6) is 1.79. The molecule has 4 aromatic rings. The van der Waals surface area contributed by atoms with Crippen LogP contribution in [0.25, 0.3) is 11.0 Å². The number of rotatable bonds is 7. The van der Waals surface area contributed by atoms with Gasteiger partial charge in [-0.2, -0.15) is 0 Å². The number of piperidine rings is 1. The molecule has 0 bridgehead atoms. The van der Waals surface area contributed by atoms with Crippen molar-refractivity contribution < 1.29 is 19.4 Å². The quantitative estimate of drug-likeness (QED) is 0.139. The van der Waals surface area contributed by atoms with E-state index in [0.717, 1.165) is 73.9 Å². The summed E-state index contributed by atoms with van der Waals surface area (Å²) in [5.41, 5.74) is 9.71. The number of imidazole rings is 1. The number of nitrogens with two attached hydrogens (primary N) is 1. The van der Waals surface area contributed by atoms with Gasteiger partial charge in [-0.1, -0.05) is 28.9 Å². The number of halogens is 1. The van der Waals surface area contributed by atoms with Gasteiger partial charge in [-0.3, -0.25) is 14.9 Å². The molecule has 0 aliphatic carbocycles. The van der Waals surface area contributed by atoms with Crippen molar-refractivity contribution in [1.82, 2.24) is 24.4 Å². The number of oxime groups is 1. The standard InChI is InChI=1S/C30H32ClN7O4/c1-30(26-6-5-19(31)14-34-26)41-25-4-2-3-21(28(25)42-30)18-7-10-37(11-8-18)17-27-35-22-13-23(29(32)36-39)33-15-24(22)38(27)16-20-9-12-40-20/h2-6,13-15,18,20,39H,7-12,16-17H2,1H3,(H2,32,36)/t20-,30-/m0/s1. The van der Waals surface area contributed by atoms with Crippen LogP contribution in [0.3, 0.4) is 0 Å². The Balaban J connectivity index is 1.07. The van der Waals surface area contributed by atoms with Crippen LogP contribution in [0, 0.1) is 0 Å². The first-order valence-electron chi connectivity index (χ1n) is 14.2. The molecule has 3 aromatic heterocycles. The zero-order chi connectivity index (χ0) is 28.8. The van der Waals surface area contributed by atoms with E-state index in [4.69, 9.17) is 41.7 Å². The van der Waals surface area contributed by atoms with E-state index in [0.29, 0.717) is 28.9 Å². The highest BCUT2D eigenvalue weighted by Crippen LogP contribution is 2.49. The van der Waals surface area contributed by atoms with E-state index in [9.17, 15) is 0 Å². The molecule has 3 aliphatic heterocycles. The molecule has 3 aliphatic rings. The Morgan fingerprint density at radius 3 is 2.69 bits per heavy atom. The summed E-state index contributed by atoms with van der Waals surface area (Å²) in [6.07, 6.45) is 6.52. The van der Waals surface area contributed by atoms with Crippen molar-refractivity contribution in [1.29, 1.82) is 0 Å². The molecule has 7 rings (SSSR count). The number of aromatic nitrogens is 4. The average Bonchev–Trinajstić information content (AvgIpc) is 3.51. The molecule has 2 atom stereocenters. The molecule has 0 amide bonds. The third kappa shape index (κ3) is 4.91. The number of hydrogen-bond donors (Lipinski definition) is 2. The highest BCUT2D eigenvalue weighted by molar-refractivity contribution is 6.30. The zero-order valence-electron chi connectivity index (χ0n) is 23.2. The molecule has 0 saturated carbocycles. The third-order valence-electron chi connectivity index (χ3n) is 8.46. The predicted octanol–water partition coefficient (Wildman–Crippen LogP) is 4.39. The van der Waals surface area contributed by atoms with E-state index in [-0.39, 0.29) is 11.9 Å². The fourth-order valence-electron chi connectivity index (χ4n) is 6.04. The van der Waals surface area contributed by atoms with Gasteiger partial charge in [-0.05, 0) is 62.5 Å². The SMILES string of the molecule is C[C@]1(c2ccc(Cl)cn2)Oc2cccc(C3CCN(Cc4nc5cc(C(N)=NO)ncc5n4C[C@@H]4CCO4)CC3)c2O1. The van der Waals surface area contributed by atoms with Crippen LogP contribution in [0.1, 0.15) is 54.9 Å². The second-order valence-corrected chi connectivity index (χ2v) is 11.6. The van der Waals surface area contributed by atoms with Crippen LogP contribution in [0.5, 0.6) is 11.5 Å². The predicted molar refractivity (Wildman–Crippen MR) is 156 cm³/mol. The first kappa shape index (κ1) is 26.9. The van der Waals surface area contributed by atoms with Gasteiger partial charge in [0.05, 0.1) is 41.4 Å². The Bertz CT molecular complexity index is 1650. The molecule has 42 heavy (non-hydrogen) atoms. The lowest BCUT2D eigenvalue weighted by molar-refractivity contribution is -0.0722. The number of fused-ring (bicyclic) bond motifs is 2. The molecular weight excluding hydrogens is 558 g/mol. The van der Waals surface area contributed by atoms with Crippen molar-refractivity contribution in [3.05, 3.63) is 76.6 Å². The maximum atomic E-state index is 9.09. The minimum absolute atomic E-state index is 0.0380. The molecule has 2 fully saturated rings. The van der Waals surface area contributed by atoms with Gasteiger partial charge >= 0.3 is 0 Å². The molecular formula is C30H32ClN7O4. The smallest absolute Gasteiger partial charge is 0.292 e. The number of hydrogen-bond acceptors (Lipinski definition) is 9. The van der Waals surface area contributed by atoms with E-state index in [1.165, 1.54) is 5.56 Å². The van der Waals surface area contributed by atoms with Crippen LogP contribution in [0.4, 0.5) is 0 Å². The lowest BCUT2D eigenvalue weighted by Crippen LogP contribution is -2.35. The highest BCUT2D eigenvalue weighted by atomic mass is 35.5. The largest absolute Gasteiger partial charge is 0.443 e. The normalized spacial score (nSPS) is 22.9. The monoisotopic (exact) mass is 589 g/mol. The Kier molecular flexibility index (Phi) is 6.88. The maximum Gasteiger partial charge on any atom is 0.292 e. The number of nitrogens with zero attached hydrogens (tertiary/aromatic N) is 6. The summed E-state index contributed by atoms with van der Waals surface area (Å²) in [5, 5.41) is 12.7. The van der Waals surface area contributed by atoms with Crippen molar-refractivity contribution >= 4 is 28.5 Å². The Labute approximate surface area is 247 Å². The van der Waals surface area contributed by atoms with Crippen LogP contribution in [-0.2, 0) is 23.6 Å². The first-order chi connectivity index (χ1) is 20.4. The van der Waals surface area contributed by atoms with Crippen LogP contribution >= 0.6 is 11.6 Å². The van der Waals surface area contributed by atoms with Crippen LogP contribution in [0.15, 0.2) is 53.9 Å². The van der Waals surface area contributed by atoms with Gasteiger partial charge in [-0.15, -0.1) is 0 Å². The maximum absolute atomic E-state index is 9.09. The van der Waals surface area contributed by atoms with Crippen molar-refractivity contribution in [3.8, 4) is 11.5 Å². The van der Waals surface area contributed by atoms with E-state index >= 15 is 0 Å². The average molecular weight is 590 g/mol. The lowest BCUT2D eigenvalue weighted by atomic mass is 9.88. The van der Waals surface area contributed by atoms with Crippen molar-refractivity contribution in [3.63, 3.8) is 0 Å². The first-order valence-corrected chi connectivity index (χ1v) is 14.6. The number of pyridine rings is 2. The Morgan fingerprint density at radius 1 is 1.14 bits per heavy atom. The molecule has 0 radical (unpaired) electrons. The number of amidine groups is 1. The summed E-state index contributed by atoms with van der Waals surface area (Å²) in [6, 6.07) is 11.5. The summed E-state index contributed by atoms with van der Waals surface area (Å²) in [4.78, 5) is 16.2. The molecule has 2 saturated heterocycles. The number of para-hydroxylation sites is 1. The van der Waals surface area contributed by atoms with E-state index < -0.39 is 5.79 Å². The second-order valence-electron chi connectivity index (χ2n) is 11.2. The van der Waals surface area contributed by atoms with Gasteiger partial charge in [0.2, 0.25) is 0 Å². The van der Waals surface area contributed by atoms with Gasteiger partial charge in [-0.25, -0.2) is 4.98 Å². The van der Waals surface area contributed by atoms with Crippen molar-refractivity contribution in [2.75, 3.05) is 19.7 Å². The van der Waals surface area contributed by atoms with Gasteiger partial charge in [0, 0.05) is 25.3 Å². The number of likely N-dealkylation sites (tertiary alicyclic amines) is 1. The summed E-state index contributed by atoms with van der Waals surface area (Å²) >= 11 is 6.05. The van der Waals surface area contributed by atoms with Crippen LogP contribution in [-0.4, -0.2) is 61.3 Å². The summed E-state index contributed by atoms with van der Waals surface area (Å²) in [6.45, 7) is 5.95. The summed E-state index contributed by atoms with van der Waals surface area (Å²) < 4.78 is 20.7. The molecule has 1 aromatic carbocycles. The third-order valence-corrected chi connectivity index (χ3v) is 8.68. The Morgan fingerprint density at radius 2 is 1.98 bits per heavy atom. The van der Waals surface area contributed by atoms with Gasteiger partial charge in [0.15, 0.2) is 17.3 Å². The van der Waals surface area contributed by atoms with E-state index in [1.54, 1.807) is 24.5 Å². The minimum Gasteiger partial charge on any atom is -0.443 e. The van der Waals surface area contributed by atoms with Crippen LogP contribution < -0.4 is 15.2 Å². The van der Waals surface area contributed by atoms with Crippen LogP contribution in [0.2, 0.25) is 5.02 Å². The van der Waals surface area contributed by atoms with E-state index in [2.05, 4.69) is 30.7 Å². The zero-order valence-corrected chi connectivity index (χ0v) is 24.0. The topological polar surface area (TPSA) is 133 Å². The van der Waals surface area contributed by atoms with Gasteiger partial charge in [0.1, 0.15) is 17.2 Å². The molecule has 12 heteroatoms. The minimum atomic E-state index is -1.00. The lowest BCUT2D eigenvalue weighted by Gasteiger charge is -2.33.